The Morgan fingerprint density at radius 1 is 0.600 bits per heavy atom. The molecule has 0 saturated carbocycles. The number of phenols is 3. The number of benzene rings is 3. The highest BCUT2D eigenvalue weighted by molar-refractivity contribution is 5.53. The lowest BCUT2D eigenvalue weighted by molar-refractivity contribution is 0.474. The summed E-state index contributed by atoms with van der Waals surface area (Å²) in [7, 11) is 1.61. The first-order valence-corrected chi connectivity index (χ1v) is 12.8. The molecule has 0 spiro atoms. The van der Waals surface area contributed by atoms with Gasteiger partial charge >= 0.3 is 0 Å². The Bertz CT molecular complexity index is 1310. The number of rotatable bonds is 4. The Hall–Kier alpha value is -4.73. The Labute approximate surface area is 237 Å². The molecule has 0 bridgehead atoms. The zero-order valence-electron chi connectivity index (χ0n) is 23.9. The van der Waals surface area contributed by atoms with Crippen molar-refractivity contribution in [2.45, 2.75) is 55.9 Å². The fraction of sp³-hybridized carbons (Fsp3) is 0.300. The predicted octanol–water partition coefficient (Wildman–Crippen LogP) is 9.37. The van der Waals surface area contributed by atoms with E-state index in [9.17, 15) is 20.1 Å². The Morgan fingerprint density at radius 2 is 0.900 bits per heavy atom. The van der Waals surface area contributed by atoms with E-state index in [1.54, 1.807) is 68.6 Å². The number of nitrogens with zero attached hydrogens (tertiary/aromatic N) is 5. The second-order valence-corrected chi connectivity index (χ2v) is 6.82. The van der Waals surface area contributed by atoms with Crippen molar-refractivity contribution < 1.29 is 15.3 Å². The van der Waals surface area contributed by atoms with Gasteiger partial charge in [0.05, 0.1) is 5.69 Å². The molecule has 1 aromatic heterocycles. The fourth-order valence-electron chi connectivity index (χ4n) is 2.65. The summed E-state index contributed by atoms with van der Waals surface area (Å²) in [6, 6.07) is 19.8. The summed E-state index contributed by atoms with van der Waals surface area (Å²) in [5.74, 6) is 0.143. The van der Waals surface area contributed by atoms with E-state index in [0.29, 0.717) is 22.8 Å². The summed E-state index contributed by atoms with van der Waals surface area (Å²) >= 11 is 0. The van der Waals surface area contributed by atoms with Crippen molar-refractivity contribution in [2.24, 2.45) is 27.5 Å². The van der Waals surface area contributed by atoms with Gasteiger partial charge < -0.3 is 15.3 Å². The average molecular weight is 553 g/mol. The van der Waals surface area contributed by atoms with Crippen LogP contribution in [-0.4, -0.2) is 25.1 Å². The van der Waals surface area contributed by atoms with Gasteiger partial charge in [0.25, 0.3) is 5.56 Å². The molecule has 0 amide bonds. The summed E-state index contributed by atoms with van der Waals surface area (Å²) in [6.45, 7) is 13.7. The van der Waals surface area contributed by atoms with Gasteiger partial charge in [0.2, 0.25) is 0 Å². The maximum Gasteiger partial charge on any atom is 0.294 e. The molecule has 4 rings (SSSR count). The van der Waals surface area contributed by atoms with E-state index in [1.807, 2.05) is 41.5 Å². The highest BCUT2D eigenvalue weighted by Crippen LogP contribution is 2.30. The standard InChI is InChI=1S/C12H10N2O2.C11H12N4O2.3C2H6.CH4/c15-11-7-3-1-5-9(11)13-14-10-6-2-4-8-12(10)16;1-7-10(11(17)15(2)14-7)13-12-8-5-3-4-6-9(8)16;3*1-2;/h1-8,15-16H;3-6,14,16H,1-2H3;3*1-2H3;1H4. The van der Waals surface area contributed by atoms with E-state index in [0.717, 1.165) is 0 Å². The lowest BCUT2D eigenvalue weighted by Crippen LogP contribution is -2.10. The Balaban J connectivity index is 0. The third kappa shape index (κ3) is 11.8. The molecule has 0 saturated heterocycles. The molecule has 3 aromatic carbocycles. The van der Waals surface area contributed by atoms with Gasteiger partial charge in [-0.2, -0.15) is 0 Å². The lowest BCUT2D eigenvalue weighted by Gasteiger charge is -1.97. The van der Waals surface area contributed by atoms with Crippen LogP contribution in [0.5, 0.6) is 17.2 Å². The number of phenolic OH excluding ortho intramolecular Hbond substituents is 3. The number of H-pyrrole nitrogens is 1. The number of hydrogen-bond donors (Lipinski definition) is 4. The van der Waals surface area contributed by atoms with Crippen LogP contribution in [0.4, 0.5) is 22.7 Å². The molecule has 0 radical (unpaired) electrons. The van der Waals surface area contributed by atoms with Crippen molar-refractivity contribution >= 4 is 22.7 Å². The van der Waals surface area contributed by atoms with Gasteiger partial charge in [-0.05, 0) is 43.3 Å². The highest BCUT2D eigenvalue weighted by Gasteiger charge is 2.08. The third-order valence-electron chi connectivity index (χ3n) is 4.37. The molecule has 1 heterocycles. The predicted molar refractivity (Wildman–Crippen MR) is 164 cm³/mol. The summed E-state index contributed by atoms with van der Waals surface area (Å²) in [6.07, 6.45) is 0. The van der Waals surface area contributed by atoms with E-state index >= 15 is 0 Å². The summed E-state index contributed by atoms with van der Waals surface area (Å²) in [5, 5.41) is 46.6. The van der Waals surface area contributed by atoms with Crippen LogP contribution in [0.1, 0.15) is 54.7 Å². The van der Waals surface area contributed by atoms with E-state index in [4.69, 9.17) is 0 Å². The average Bonchev–Trinajstić information content (AvgIpc) is 3.22. The zero-order valence-corrected chi connectivity index (χ0v) is 23.9. The largest absolute Gasteiger partial charge is 0.506 e. The van der Waals surface area contributed by atoms with Gasteiger partial charge in [0.15, 0.2) is 5.69 Å². The van der Waals surface area contributed by atoms with Crippen LogP contribution >= 0.6 is 0 Å². The Morgan fingerprint density at radius 3 is 1.18 bits per heavy atom. The molecule has 0 aliphatic carbocycles. The van der Waals surface area contributed by atoms with Gasteiger partial charge in [-0.3, -0.25) is 14.6 Å². The van der Waals surface area contributed by atoms with Crippen molar-refractivity contribution in [3.63, 3.8) is 0 Å². The zero-order chi connectivity index (χ0) is 29.8. The number of aromatic amines is 1. The quantitative estimate of drug-likeness (QED) is 0.187. The van der Waals surface area contributed by atoms with Gasteiger partial charge in [-0.1, -0.05) is 85.4 Å². The molecule has 4 aromatic rings. The molecule has 10 nitrogen and oxygen atoms in total. The molecule has 0 unspecified atom stereocenters. The van der Waals surface area contributed by atoms with Gasteiger partial charge in [-0.25, -0.2) is 0 Å². The number of aromatic nitrogens is 2. The van der Waals surface area contributed by atoms with Crippen LogP contribution in [0.3, 0.4) is 0 Å². The summed E-state index contributed by atoms with van der Waals surface area (Å²) in [5.41, 5.74) is 1.70. The highest BCUT2D eigenvalue weighted by atomic mass is 16.3. The second-order valence-electron chi connectivity index (χ2n) is 6.82. The van der Waals surface area contributed by atoms with Crippen LogP contribution in [-0.2, 0) is 7.05 Å². The summed E-state index contributed by atoms with van der Waals surface area (Å²) in [4.78, 5) is 11.6. The first kappa shape index (κ1) is 37.4. The normalized spacial score (nSPS) is 9.50. The van der Waals surface area contributed by atoms with E-state index in [1.165, 1.54) is 22.9 Å². The van der Waals surface area contributed by atoms with E-state index in [2.05, 4.69) is 25.6 Å². The molecule has 0 aliphatic rings. The molecular formula is C30H44N6O4. The Kier molecular flexibility index (Phi) is 19.9. The van der Waals surface area contributed by atoms with E-state index < -0.39 is 0 Å². The second kappa shape index (κ2) is 21.2. The molecule has 218 valence electrons. The van der Waals surface area contributed by atoms with Gasteiger partial charge in [0, 0.05) is 7.05 Å². The van der Waals surface area contributed by atoms with Gasteiger partial charge in [-0.15, -0.1) is 20.5 Å². The SMILES string of the molecule is C.CC.CC.CC.Cc1[nH]n(C)c(=O)c1N=Nc1ccccc1O.Oc1ccccc1N=Nc1ccccc1O. The lowest BCUT2D eigenvalue weighted by atomic mass is 10.3. The van der Waals surface area contributed by atoms with Crippen molar-refractivity contribution in [3.8, 4) is 17.2 Å². The minimum atomic E-state index is -0.248. The maximum atomic E-state index is 11.6. The first-order valence-electron chi connectivity index (χ1n) is 12.8. The topological polar surface area (TPSA) is 148 Å². The van der Waals surface area contributed by atoms with Crippen molar-refractivity contribution in [1.82, 2.24) is 9.78 Å². The van der Waals surface area contributed by atoms with Crippen molar-refractivity contribution in [2.75, 3.05) is 0 Å². The molecule has 40 heavy (non-hydrogen) atoms. The number of nitrogens with one attached hydrogen (secondary N) is 1. The molecule has 0 fully saturated rings. The maximum absolute atomic E-state index is 11.6. The minimum absolute atomic E-state index is 0. The number of para-hydroxylation sites is 3. The first-order chi connectivity index (χ1) is 18.9. The van der Waals surface area contributed by atoms with Crippen LogP contribution < -0.4 is 5.56 Å². The van der Waals surface area contributed by atoms with Crippen LogP contribution in [0.2, 0.25) is 0 Å². The molecule has 10 heteroatoms. The fourth-order valence-corrected chi connectivity index (χ4v) is 2.65. The number of hydrogen-bond acceptors (Lipinski definition) is 8. The van der Waals surface area contributed by atoms with Crippen molar-refractivity contribution in [3.05, 3.63) is 88.8 Å². The number of azo groups is 2. The minimum Gasteiger partial charge on any atom is -0.506 e. The molecule has 0 atom stereocenters. The molecule has 0 aliphatic heterocycles. The number of aryl methyl sites for hydroxylation is 2. The molecular weight excluding hydrogens is 508 g/mol. The van der Waals surface area contributed by atoms with Crippen LogP contribution in [0.15, 0.2) is 98.0 Å². The van der Waals surface area contributed by atoms with Crippen LogP contribution in [0.25, 0.3) is 0 Å². The van der Waals surface area contributed by atoms with E-state index in [-0.39, 0.29) is 35.9 Å². The third-order valence-corrected chi connectivity index (χ3v) is 4.37. The smallest absolute Gasteiger partial charge is 0.294 e. The van der Waals surface area contributed by atoms with Crippen LogP contribution in [0, 0.1) is 6.92 Å². The molecule has 4 N–H and O–H groups in total. The monoisotopic (exact) mass is 552 g/mol. The van der Waals surface area contributed by atoms with Crippen molar-refractivity contribution in [1.29, 1.82) is 0 Å². The van der Waals surface area contributed by atoms with Gasteiger partial charge in [0.1, 0.15) is 34.3 Å². The summed E-state index contributed by atoms with van der Waals surface area (Å²) < 4.78 is 1.33. The number of aromatic hydroxyl groups is 3.